The highest BCUT2D eigenvalue weighted by molar-refractivity contribution is 9.10. The number of methoxy groups -OCH3 is 1. The Hall–Kier alpha value is -1.72. The number of amides is 1. The molecule has 0 fully saturated rings. The molecule has 0 aromatic heterocycles. The maximum absolute atomic E-state index is 12.2. The van der Waals surface area contributed by atoms with Gasteiger partial charge in [0.05, 0.1) is 17.7 Å². The number of benzene rings is 2. The maximum atomic E-state index is 12.2. The van der Waals surface area contributed by atoms with Crippen LogP contribution in [0.1, 0.15) is 10.4 Å². The molecule has 0 saturated heterocycles. The third kappa shape index (κ3) is 3.23. The van der Waals surface area contributed by atoms with Gasteiger partial charge < -0.3 is 15.8 Å². The van der Waals surface area contributed by atoms with Crippen LogP contribution in [-0.2, 0) is 0 Å². The fourth-order valence-corrected chi connectivity index (χ4v) is 2.14. The normalized spacial score (nSPS) is 10.2. The minimum absolute atomic E-state index is 0.292. The van der Waals surface area contributed by atoms with Gasteiger partial charge in [0.15, 0.2) is 0 Å². The number of rotatable bonds is 3. The fraction of sp³-hybridized carbons (Fsp3) is 0.0714. The molecule has 104 valence electrons. The second kappa shape index (κ2) is 6.15. The zero-order chi connectivity index (χ0) is 14.7. The van der Waals surface area contributed by atoms with Crippen LogP contribution in [0.15, 0.2) is 40.9 Å². The monoisotopic (exact) mass is 354 g/mol. The van der Waals surface area contributed by atoms with Crippen molar-refractivity contribution in [1.82, 2.24) is 0 Å². The first-order chi connectivity index (χ1) is 9.51. The largest absolute Gasteiger partial charge is 0.497 e. The molecule has 1 amide bonds. The molecule has 20 heavy (non-hydrogen) atoms. The van der Waals surface area contributed by atoms with E-state index in [0.29, 0.717) is 32.2 Å². The van der Waals surface area contributed by atoms with E-state index in [9.17, 15) is 4.79 Å². The number of nitrogens with two attached hydrogens (primary N) is 1. The van der Waals surface area contributed by atoms with Gasteiger partial charge in [0, 0.05) is 21.9 Å². The van der Waals surface area contributed by atoms with E-state index >= 15 is 0 Å². The van der Waals surface area contributed by atoms with Gasteiger partial charge >= 0.3 is 0 Å². The van der Waals surface area contributed by atoms with Gasteiger partial charge in [0.1, 0.15) is 5.75 Å². The highest BCUT2D eigenvalue weighted by Gasteiger charge is 2.11. The summed E-state index contributed by atoms with van der Waals surface area (Å²) < 4.78 is 5.75. The molecule has 3 N–H and O–H groups in total. The summed E-state index contributed by atoms with van der Waals surface area (Å²) in [6.07, 6.45) is 0. The first-order valence-corrected chi connectivity index (χ1v) is 6.88. The van der Waals surface area contributed by atoms with Gasteiger partial charge in [-0.05, 0) is 46.3 Å². The Morgan fingerprint density at radius 2 is 2.05 bits per heavy atom. The minimum Gasteiger partial charge on any atom is -0.497 e. The second-order valence-electron chi connectivity index (χ2n) is 4.04. The van der Waals surface area contributed by atoms with Crippen molar-refractivity contribution in [2.75, 3.05) is 18.2 Å². The summed E-state index contributed by atoms with van der Waals surface area (Å²) >= 11 is 9.20. The Kier molecular flexibility index (Phi) is 4.52. The van der Waals surface area contributed by atoms with Crippen molar-refractivity contribution in [1.29, 1.82) is 0 Å². The number of ether oxygens (including phenoxy) is 1. The van der Waals surface area contributed by atoms with Gasteiger partial charge in [-0.15, -0.1) is 0 Å². The number of nitrogens with one attached hydrogen (secondary N) is 1. The Labute approximate surface area is 130 Å². The van der Waals surface area contributed by atoms with E-state index in [2.05, 4.69) is 21.2 Å². The molecule has 0 heterocycles. The number of carbonyl (C=O) groups is 1. The number of hydrogen-bond acceptors (Lipinski definition) is 3. The Morgan fingerprint density at radius 1 is 1.30 bits per heavy atom. The molecule has 0 aliphatic rings. The zero-order valence-corrected chi connectivity index (χ0v) is 13.0. The average Bonchev–Trinajstić information content (AvgIpc) is 2.42. The van der Waals surface area contributed by atoms with Crippen LogP contribution in [0.25, 0.3) is 0 Å². The molecule has 0 aliphatic carbocycles. The predicted octanol–water partition coefficient (Wildman–Crippen LogP) is 3.95. The van der Waals surface area contributed by atoms with Crippen molar-refractivity contribution in [3.63, 3.8) is 0 Å². The molecule has 0 unspecified atom stereocenters. The van der Waals surface area contributed by atoms with Crippen molar-refractivity contribution in [3.8, 4) is 5.75 Å². The minimum atomic E-state index is -0.292. The molecule has 2 aromatic carbocycles. The van der Waals surface area contributed by atoms with Crippen LogP contribution in [0, 0.1) is 0 Å². The summed E-state index contributed by atoms with van der Waals surface area (Å²) in [6.45, 7) is 0. The number of nitrogen functional groups attached to an aromatic ring is 1. The quantitative estimate of drug-likeness (QED) is 0.820. The van der Waals surface area contributed by atoms with Crippen LogP contribution in [0.3, 0.4) is 0 Å². The smallest absolute Gasteiger partial charge is 0.257 e. The average molecular weight is 356 g/mol. The molecule has 2 aromatic rings. The summed E-state index contributed by atoms with van der Waals surface area (Å²) in [5.74, 6) is 0.313. The Morgan fingerprint density at radius 3 is 2.65 bits per heavy atom. The lowest BCUT2D eigenvalue weighted by Crippen LogP contribution is -2.14. The van der Waals surface area contributed by atoms with E-state index < -0.39 is 0 Å². The molecule has 0 atom stereocenters. The predicted molar refractivity (Wildman–Crippen MR) is 84.5 cm³/mol. The summed E-state index contributed by atoms with van der Waals surface area (Å²) in [5, 5.41) is 3.33. The van der Waals surface area contributed by atoms with Crippen LogP contribution in [0.2, 0.25) is 5.02 Å². The number of carbonyl (C=O) groups excluding carboxylic acids is 1. The summed E-state index contributed by atoms with van der Waals surface area (Å²) in [4.78, 5) is 12.2. The maximum Gasteiger partial charge on any atom is 0.257 e. The summed E-state index contributed by atoms with van der Waals surface area (Å²) in [6, 6.07) is 10.0. The first-order valence-electron chi connectivity index (χ1n) is 5.71. The van der Waals surface area contributed by atoms with Crippen molar-refractivity contribution < 1.29 is 9.53 Å². The number of halogens is 2. The molecule has 2 rings (SSSR count). The van der Waals surface area contributed by atoms with Crippen molar-refractivity contribution in [3.05, 3.63) is 51.5 Å². The van der Waals surface area contributed by atoms with Crippen molar-refractivity contribution in [2.45, 2.75) is 0 Å². The zero-order valence-electron chi connectivity index (χ0n) is 10.6. The third-order valence-electron chi connectivity index (χ3n) is 2.68. The van der Waals surface area contributed by atoms with Gasteiger partial charge in [-0.2, -0.15) is 0 Å². The van der Waals surface area contributed by atoms with Gasteiger partial charge in [-0.25, -0.2) is 0 Å². The second-order valence-corrected chi connectivity index (χ2v) is 5.30. The molecule has 0 saturated carbocycles. The number of anilines is 2. The van der Waals surface area contributed by atoms with Crippen LogP contribution < -0.4 is 15.8 Å². The van der Waals surface area contributed by atoms with Gasteiger partial charge in [0.2, 0.25) is 0 Å². The van der Waals surface area contributed by atoms with Crippen LogP contribution in [0.5, 0.6) is 5.75 Å². The van der Waals surface area contributed by atoms with E-state index in [1.807, 2.05) is 0 Å². The Balaban J connectivity index is 2.21. The lowest BCUT2D eigenvalue weighted by molar-refractivity contribution is 0.102. The molecule has 6 heteroatoms. The molecule has 0 spiro atoms. The first kappa shape index (κ1) is 14.7. The van der Waals surface area contributed by atoms with E-state index in [0.717, 1.165) is 0 Å². The highest BCUT2D eigenvalue weighted by Crippen LogP contribution is 2.26. The fourth-order valence-electron chi connectivity index (χ4n) is 1.65. The van der Waals surface area contributed by atoms with Gasteiger partial charge in [-0.3, -0.25) is 4.79 Å². The summed E-state index contributed by atoms with van der Waals surface area (Å²) in [5.41, 5.74) is 7.20. The SMILES string of the molecule is COc1ccc(C(=O)Nc2ccc(Cl)c(Br)c2)c(N)c1. The van der Waals surface area contributed by atoms with Gasteiger partial charge in [0.25, 0.3) is 5.91 Å². The van der Waals surface area contributed by atoms with Crippen molar-refractivity contribution >= 4 is 44.8 Å². The van der Waals surface area contributed by atoms with Crippen LogP contribution in [0.4, 0.5) is 11.4 Å². The van der Waals surface area contributed by atoms with Crippen molar-refractivity contribution in [2.24, 2.45) is 0 Å². The lowest BCUT2D eigenvalue weighted by atomic mass is 10.1. The molecule has 0 aliphatic heterocycles. The Bertz CT molecular complexity index is 662. The number of hydrogen-bond donors (Lipinski definition) is 2. The highest BCUT2D eigenvalue weighted by atomic mass is 79.9. The van der Waals surface area contributed by atoms with E-state index in [-0.39, 0.29) is 5.91 Å². The standard InChI is InChI=1S/C14H12BrClN2O2/c1-20-9-3-4-10(13(17)7-9)14(19)18-8-2-5-12(16)11(15)6-8/h2-7H,17H2,1H3,(H,18,19). The van der Waals surface area contributed by atoms with Crippen LogP contribution in [-0.4, -0.2) is 13.0 Å². The van der Waals surface area contributed by atoms with E-state index in [4.69, 9.17) is 22.1 Å². The molecule has 0 radical (unpaired) electrons. The van der Waals surface area contributed by atoms with E-state index in [1.54, 1.807) is 43.5 Å². The summed E-state index contributed by atoms with van der Waals surface area (Å²) in [7, 11) is 1.54. The molecule has 0 bridgehead atoms. The third-order valence-corrected chi connectivity index (χ3v) is 3.89. The lowest BCUT2D eigenvalue weighted by Gasteiger charge is -2.09. The van der Waals surface area contributed by atoms with Gasteiger partial charge in [-0.1, -0.05) is 11.6 Å². The molecule has 4 nitrogen and oxygen atoms in total. The molecular weight excluding hydrogens is 344 g/mol. The molecular formula is C14H12BrClN2O2. The van der Waals surface area contributed by atoms with Crippen LogP contribution >= 0.6 is 27.5 Å². The topological polar surface area (TPSA) is 64.3 Å². The van der Waals surface area contributed by atoms with E-state index in [1.165, 1.54) is 0 Å².